The summed E-state index contributed by atoms with van der Waals surface area (Å²) in [6, 6.07) is 0. The minimum atomic E-state index is -1.10. The summed E-state index contributed by atoms with van der Waals surface area (Å²) in [5.74, 6) is -0.284. The van der Waals surface area contributed by atoms with Gasteiger partial charge in [-0.15, -0.1) is 0 Å². The molecule has 4 nitrogen and oxygen atoms in total. The molecule has 11 heavy (non-hydrogen) atoms. The zero-order valence-corrected chi connectivity index (χ0v) is 6.22. The maximum Gasteiger partial charge on any atom is 0.106 e. The predicted molar refractivity (Wildman–Crippen MR) is 37.8 cm³/mol. The first-order valence-electron chi connectivity index (χ1n) is 3.82. The van der Waals surface area contributed by atoms with Crippen molar-refractivity contribution in [2.24, 2.45) is 5.92 Å². The molecule has 1 fully saturated rings. The minimum absolute atomic E-state index is 0.134. The molecule has 0 saturated heterocycles. The average molecular weight is 162 g/mol. The molecule has 0 radical (unpaired) electrons. The summed E-state index contributed by atoms with van der Waals surface area (Å²) in [6.07, 6.45) is -1.91. The Morgan fingerprint density at radius 2 is 1.64 bits per heavy atom. The third-order valence-electron chi connectivity index (χ3n) is 2.29. The van der Waals surface area contributed by atoms with Gasteiger partial charge in [-0.25, -0.2) is 0 Å². The molecule has 66 valence electrons. The quantitative estimate of drug-likeness (QED) is 0.377. The summed E-state index contributed by atoms with van der Waals surface area (Å²) >= 11 is 0. The lowest BCUT2D eigenvalue weighted by atomic mass is 9.83. The van der Waals surface area contributed by atoms with Crippen LogP contribution in [0.3, 0.4) is 0 Å². The van der Waals surface area contributed by atoms with Gasteiger partial charge in [-0.3, -0.25) is 0 Å². The molecule has 0 aromatic rings. The first kappa shape index (κ1) is 8.93. The van der Waals surface area contributed by atoms with Gasteiger partial charge in [0.15, 0.2) is 0 Å². The summed E-state index contributed by atoms with van der Waals surface area (Å²) in [6.45, 7) is -0.134. The normalized spacial score (nSPS) is 45.8. The van der Waals surface area contributed by atoms with Crippen molar-refractivity contribution in [1.82, 2.24) is 0 Å². The van der Waals surface area contributed by atoms with Crippen LogP contribution in [0.25, 0.3) is 0 Å². The molecule has 0 bridgehead atoms. The molecule has 0 aliphatic heterocycles. The Morgan fingerprint density at radius 3 is 2.18 bits per heavy atom. The Labute approximate surface area is 65.1 Å². The largest absolute Gasteiger partial charge is 0.396 e. The van der Waals surface area contributed by atoms with Crippen LogP contribution < -0.4 is 0 Å². The lowest BCUT2D eigenvalue weighted by molar-refractivity contribution is -0.118. The van der Waals surface area contributed by atoms with Crippen molar-refractivity contribution < 1.29 is 20.4 Å². The van der Waals surface area contributed by atoms with E-state index < -0.39 is 18.3 Å². The molecule has 4 atom stereocenters. The molecule has 0 unspecified atom stereocenters. The van der Waals surface area contributed by atoms with E-state index in [2.05, 4.69) is 0 Å². The lowest BCUT2D eigenvalue weighted by Crippen LogP contribution is -2.47. The summed E-state index contributed by atoms with van der Waals surface area (Å²) in [5, 5.41) is 36.2. The smallest absolute Gasteiger partial charge is 0.106 e. The SMILES string of the molecule is OC[C@@H]1CC[C@H](O)[C@@H](O)[C@H]1O. The van der Waals surface area contributed by atoms with Crippen LogP contribution in [0.5, 0.6) is 0 Å². The number of hydrogen-bond donors (Lipinski definition) is 4. The predicted octanol–water partition coefficient (Wildman–Crippen LogP) is -1.53. The fourth-order valence-electron chi connectivity index (χ4n) is 1.43. The minimum Gasteiger partial charge on any atom is -0.396 e. The van der Waals surface area contributed by atoms with Crippen LogP contribution in [0.4, 0.5) is 0 Å². The first-order valence-corrected chi connectivity index (χ1v) is 3.82. The van der Waals surface area contributed by atoms with Crippen LogP contribution in [0, 0.1) is 5.92 Å². The molecule has 1 aliphatic carbocycles. The maximum atomic E-state index is 9.24. The van der Waals surface area contributed by atoms with E-state index in [-0.39, 0.29) is 12.5 Å². The van der Waals surface area contributed by atoms with E-state index in [1.165, 1.54) is 0 Å². The van der Waals surface area contributed by atoms with E-state index in [0.717, 1.165) is 0 Å². The average Bonchev–Trinajstić information content (AvgIpc) is 2.01. The Balaban J connectivity index is 2.52. The second kappa shape index (κ2) is 3.49. The van der Waals surface area contributed by atoms with Crippen molar-refractivity contribution in [3.63, 3.8) is 0 Å². The first-order chi connectivity index (χ1) is 5.16. The topological polar surface area (TPSA) is 80.9 Å². The molecule has 1 aliphatic rings. The van der Waals surface area contributed by atoms with Crippen LogP contribution in [-0.4, -0.2) is 45.3 Å². The zero-order valence-electron chi connectivity index (χ0n) is 6.22. The second-order valence-corrected chi connectivity index (χ2v) is 3.07. The van der Waals surface area contributed by atoms with Crippen LogP contribution in [0.15, 0.2) is 0 Å². The molecule has 4 N–H and O–H groups in total. The fraction of sp³-hybridized carbons (Fsp3) is 1.00. The van der Waals surface area contributed by atoms with E-state index in [0.29, 0.717) is 12.8 Å². The monoisotopic (exact) mass is 162 g/mol. The van der Waals surface area contributed by atoms with Crippen LogP contribution in [-0.2, 0) is 0 Å². The van der Waals surface area contributed by atoms with Gasteiger partial charge in [0.25, 0.3) is 0 Å². The summed E-state index contributed by atoms with van der Waals surface area (Å²) in [5.41, 5.74) is 0. The van der Waals surface area contributed by atoms with Gasteiger partial charge >= 0.3 is 0 Å². The molecule has 0 aromatic heterocycles. The summed E-state index contributed by atoms with van der Waals surface area (Å²) in [7, 11) is 0. The van der Waals surface area contributed by atoms with E-state index in [9.17, 15) is 5.11 Å². The molecule has 4 heteroatoms. The molecule has 0 heterocycles. The van der Waals surface area contributed by atoms with E-state index in [1.54, 1.807) is 0 Å². The van der Waals surface area contributed by atoms with Gasteiger partial charge < -0.3 is 20.4 Å². The van der Waals surface area contributed by atoms with E-state index in [1.807, 2.05) is 0 Å². The Kier molecular flexibility index (Phi) is 2.84. The standard InChI is InChI=1S/C7H14O4/c8-3-4-1-2-5(9)7(11)6(4)10/h4-11H,1-3H2/t4-,5-,6-,7+/m0/s1. The van der Waals surface area contributed by atoms with Crippen molar-refractivity contribution in [1.29, 1.82) is 0 Å². The van der Waals surface area contributed by atoms with Crippen molar-refractivity contribution in [3.05, 3.63) is 0 Å². The molecule has 1 rings (SSSR count). The Bertz CT molecular complexity index is 126. The van der Waals surface area contributed by atoms with Gasteiger partial charge in [-0.1, -0.05) is 0 Å². The molecular weight excluding hydrogens is 148 g/mol. The van der Waals surface area contributed by atoms with Gasteiger partial charge in [0.05, 0.1) is 12.2 Å². The zero-order chi connectivity index (χ0) is 8.43. The summed E-state index contributed by atoms with van der Waals surface area (Å²) in [4.78, 5) is 0. The highest BCUT2D eigenvalue weighted by Crippen LogP contribution is 2.24. The van der Waals surface area contributed by atoms with Gasteiger partial charge in [-0.05, 0) is 12.8 Å². The van der Waals surface area contributed by atoms with Crippen molar-refractivity contribution in [2.45, 2.75) is 31.2 Å². The van der Waals surface area contributed by atoms with Gasteiger partial charge in [0, 0.05) is 12.5 Å². The van der Waals surface area contributed by atoms with Crippen LogP contribution >= 0.6 is 0 Å². The van der Waals surface area contributed by atoms with Crippen LogP contribution in [0.1, 0.15) is 12.8 Å². The van der Waals surface area contributed by atoms with Gasteiger partial charge in [0.1, 0.15) is 6.10 Å². The lowest BCUT2D eigenvalue weighted by Gasteiger charge is -2.33. The summed E-state index contributed by atoms with van der Waals surface area (Å²) < 4.78 is 0. The molecule has 1 saturated carbocycles. The highest BCUT2D eigenvalue weighted by molar-refractivity contribution is 4.86. The molecule has 0 aromatic carbocycles. The van der Waals surface area contributed by atoms with E-state index >= 15 is 0 Å². The second-order valence-electron chi connectivity index (χ2n) is 3.07. The van der Waals surface area contributed by atoms with Gasteiger partial charge in [-0.2, -0.15) is 0 Å². The van der Waals surface area contributed by atoms with Crippen molar-refractivity contribution >= 4 is 0 Å². The highest BCUT2D eigenvalue weighted by Gasteiger charge is 2.35. The third-order valence-corrected chi connectivity index (χ3v) is 2.29. The molecular formula is C7H14O4. The van der Waals surface area contributed by atoms with E-state index in [4.69, 9.17) is 15.3 Å². The Morgan fingerprint density at radius 1 is 1.00 bits per heavy atom. The number of aliphatic hydroxyl groups is 4. The number of rotatable bonds is 1. The molecule has 0 spiro atoms. The highest BCUT2D eigenvalue weighted by atomic mass is 16.4. The number of aliphatic hydroxyl groups excluding tert-OH is 4. The van der Waals surface area contributed by atoms with Crippen molar-refractivity contribution in [3.8, 4) is 0 Å². The maximum absolute atomic E-state index is 9.24. The molecule has 0 amide bonds. The van der Waals surface area contributed by atoms with Gasteiger partial charge in [0.2, 0.25) is 0 Å². The Hall–Kier alpha value is -0.160. The number of hydrogen-bond acceptors (Lipinski definition) is 4. The fourth-order valence-corrected chi connectivity index (χ4v) is 1.43. The van der Waals surface area contributed by atoms with Crippen molar-refractivity contribution in [2.75, 3.05) is 6.61 Å². The third kappa shape index (κ3) is 1.70. The van der Waals surface area contributed by atoms with Crippen LogP contribution in [0.2, 0.25) is 0 Å².